The molecular weight excluding hydrogens is 331 g/mol. The number of halogens is 2. The highest BCUT2D eigenvalue weighted by Gasteiger charge is 2.50. The Morgan fingerprint density at radius 1 is 0.692 bits per heavy atom. The van der Waals surface area contributed by atoms with Gasteiger partial charge in [0.05, 0.1) is 11.3 Å². The van der Waals surface area contributed by atoms with E-state index in [1.807, 2.05) is 60.7 Å². The van der Waals surface area contributed by atoms with Crippen molar-refractivity contribution in [2.24, 2.45) is 0 Å². The van der Waals surface area contributed by atoms with Gasteiger partial charge in [-0.25, -0.2) is 0 Å². The summed E-state index contributed by atoms with van der Waals surface area (Å²) in [7, 11) is -4.22. The second kappa shape index (κ2) is 5.40. The Morgan fingerprint density at radius 3 is 2.15 bits per heavy atom. The van der Waals surface area contributed by atoms with Gasteiger partial charge in [0.2, 0.25) is 0 Å². The van der Waals surface area contributed by atoms with Crippen molar-refractivity contribution in [1.29, 1.82) is 0 Å². The molecular formula is C21H14BF2NO. The number of hydrogen-bond donors (Lipinski definition) is 0. The molecule has 0 aliphatic carbocycles. The lowest BCUT2D eigenvalue weighted by atomic mass is 9.94. The highest BCUT2D eigenvalue weighted by atomic mass is 19.3. The summed E-state index contributed by atoms with van der Waals surface area (Å²) in [6.45, 7) is 0. The minimum Gasteiger partial charge on any atom is -0.599 e. The fourth-order valence-electron chi connectivity index (χ4n) is 3.61. The van der Waals surface area contributed by atoms with Crippen molar-refractivity contribution in [3.8, 4) is 5.75 Å². The Balaban J connectivity index is 1.83. The van der Waals surface area contributed by atoms with E-state index in [9.17, 15) is 8.63 Å². The molecule has 4 aromatic rings. The Labute approximate surface area is 149 Å². The number of fused-ring (bicyclic) bond motifs is 4. The summed E-state index contributed by atoms with van der Waals surface area (Å²) in [5.41, 5.74) is 1.11. The van der Waals surface area contributed by atoms with Gasteiger partial charge in [-0.15, -0.1) is 0 Å². The smallest absolute Gasteiger partial charge is 0.599 e. The molecule has 0 bridgehead atoms. The lowest BCUT2D eigenvalue weighted by Crippen LogP contribution is -2.46. The van der Waals surface area contributed by atoms with Crippen molar-refractivity contribution in [2.75, 3.05) is 0 Å². The van der Waals surface area contributed by atoms with E-state index >= 15 is 0 Å². The van der Waals surface area contributed by atoms with Crippen LogP contribution in [-0.4, -0.2) is 17.7 Å². The van der Waals surface area contributed by atoms with Gasteiger partial charge in [0.15, 0.2) is 5.69 Å². The SMILES string of the molecule is F[B-]1(F)Oc2ccc3ccccc3c2C=[N+]1c1cccc2ccccc12. The Morgan fingerprint density at radius 2 is 1.35 bits per heavy atom. The van der Waals surface area contributed by atoms with Crippen LogP contribution in [0, 0.1) is 0 Å². The molecule has 1 aliphatic rings. The van der Waals surface area contributed by atoms with Crippen molar-refractivity contribution in [3.63, 3.8) is 0 Å². The van der Waals surface area contributed by atoms with Crippen molar-refractivity contribution in [1.82, 2.24) is 0 Å². The summed E-state index contributed by atoms with van der Waals surface area (Å²) in [6, 6.07) is 24.1. The summed E-state index contributed by atoms with van der Waals surface area (Å²) in [4.78, 5) is 0. The zero-order chi connectivity index (χ0) is 17.7. The summed E-state index contributed by atoms with van der Waals surface area (Å²) < 4.78 is 35.9. The minimum absolute atomic E-state index is 0.213. The maximum absolute atomic E-state index is 14.9. The standard InChI is InChI=1S/C21H14BF2NO/c23-22(24)25(20-11-5-8-15-6-2-4-10-18(15)20)14-19-17-9-3-1-7-16(17)12-13-21(19)26-22/h1-14H. The van der Waals surface area contributed by atoms with Crippen LogP contribution >= 0.6 is 0 Å². The third-order valence-electron chi connectivity index (χ3n) is 4.84. The average Bonchev–Trinajstić information content (AvgIpc) is 2.66. The molecule has 0 fully saturated rings. The second-order valence-electron chi connectivity index (χ2n) is 6.41. The molecule has 4 aromatic carbocycles. The predicted molar refractivity (Wildman–Crippen MR) is 102 cm³/mol. The lowest BCUT2D eigenvalue weighted by Gasteiger charge is -2.29. The van der Waals surface area contributed by atoms with Crippen molar-refractivity contribution in [3.05, 3.63) is 84.4 Å². The Bertz CT molecular complexity index is 1200. The molecule has 26 heavy (non-hydrogen) atoms. The molecule has 126 valence electrons. The molecule has 1 heterocycles. The first-order chi connectivity index (χ1) is 12.6. The second-order valence-corrected chi connectivity index (χ2v) is 6.41. The average molecular weight is 345 g/mol. The molecule has 0 atom stereocenters. The number of benzene rings is 4. The van der Waals surface area contributed by atoms with E-state index in [0.29, 0.717) is 11.3 Å². The Kier molecular flexibility index (Phi) is 3.13. The van der Waals surface area contributed by atoms with Gasteiger partial charge in [-0.2, -0.15) is 0 Å². The summed E-state index contributed by atoms with van der Waals surface area (Å²) >= 11 is 0. The fraction of sp³-hybridized carbons (Fsp3) is 0. The molecule has 0 saturated heterocycles. The van der Waals surface area contributed by atoms with Crippen LogP contribution in [-0.2, 0) is 0 Å². The summed E-state index contributed by atoms with van der Waals surface area (Å²) in [6.07, 6.45) is 1.52. The van der Waals surface area contributed by atoms with Gasteiger partial charge in [-0.1, -0.05) is 60.7 Å². The molecule has 1 aliphatic heterocycles. The summed E-state index contributed by atoms with van der Waals surface area (Å²) in [5.74, 6) is 0.213. The van der Waals surface area contributed by atoms with Crippen LogP contribution in [0.25, 0.3) is 21.5 Å². The normalized spacial score (nSPS) is 15.4. The van der Waals surface area contributed by atoms with Crippen molar-refractivity contribution >= 4 is 40.5 Å². The number of hydrogen-bond acceptors (Lipinski definition) is 1. The molecule has 0 amide bonds. The molecule has 0 radical (unpaired) electrons. The van der Waals surface area contributed by atoms with Gasteiger partial charge in [-0.3, -0.25) is 0 Å². The third-order valence-corrected chi connectivity index (χ3v) is 4.84. The molecule has 0 N–H and O–H groups in total. The van der Waals surface area contributed by atoms with Gasteiger partial charge in [-0.05, 0) is 28.3 Å². The molecule has 5 rings (SSSR count). The van der Waals surface area contributed by atoms with E-state index in [4.69, 9.17) is 4.65 Å². The maximum Gasteiger partial charge on any atom is 0.834 e. The van der Waals surface area contributed by atoms with E-state index in [0.717, 1.165) is 26.0 Å². The maximum atomic E-state index is 14.9. The van der Waals surface area contributed by atoms with Crippen LogP contribution in [0.3, 0.4) is 0 Å². The van der Waals surface area contributed by atoms with Gasteiger partial charge in [0.1, 0.15) is 6.21 Å². The van der Waals surface area contributed by atoms with Crippen LogP contribution in [0.15, 0.2) is 78.9 Å². The van der Waals surface area contributed by atoms with E-state index in [-0.39, 0.29) is 5.75 Å². The van der Waals surface area contributed by atoms with E-state index < -0.39 is 7.04 Å². The largest absolute Gasteiger partial charge is 0.834 e. The number of nitrogens with zero attached hydrogens (tertiary/aromatic N) is 1. The Hall–Kier alpha value is -3.21. The first kappa shape index (κ1) is 15.1. The molecule has 0 saturated carbocycles. The van der Waals surface area contributed by atoms with Gasteiger partial charge in [0.25, 0.3) is 0 Å². The van der Waals surface area contributed by atoms with Gasteiger partial charge < -0.3 is 17.8 Å². The van der Waals surface area contributed by atoms with Crippen molar-refractivity contribution < 1.29 is 17.8 Å². The van der Waals surface area contributed by atoms with E-state index in [2.05, 4.69) is 0 Å². The van der Waals surface area contributed by atoms with E-state index in [1.165, 1.54) is 6.21 Å². The molecule has 0 spiro atoms. The van der Waals surface area contributed by atoms with Gasteiger partial charge >= 0.3 is 7.04 Å². The molecule has 5 heteroatoms. The summed E-state index contributed by atoms with van der Waals surface area (Å²) in [5, 5.41) is 3.55. The highest BCUT2D eigenvalue weighted by molar-refractivity contribution is 6.53. The quantitative estimate of drug-likeness (QED) is 0.414. The number of rotatable bonds is 1. The first-order valence-electron chi connectivity index (χ1n) is 8.46. The van der Waals surface area contributed by atoms with Crippen LogP contribution in [0.2, 0.25) is 0 Å². The topological polar surface area (TPSA) is 12.2 Å². The molecule has 0 unspecified atom stereocenters. The lowest BCUT2D eigenvalue weighted by molar-refractivity contribution is -0.341. The predicted octanol–water partition coefficient (Wildman–Crippen LogP) is 5.52. The van der Waals surface area contributed by atoms with Crippen LogP contribution in [0.1, 0.15) is 5.56 Å². The minimum atomic E-state index is -4.22. The van der Waals surface area contributed by atoms with Crippen LogP contribution < -0.4 is 4.65 Å². The first-order valence-corrected chi connectivity index (χ1v) is 8.46. The zero-order valence-corrected chi connectivity index (χ0v) is 13.8. The van der Waals surface area contributed by atoms with Crippen LogP contribution in [0.5, 0.6) is 5.75 Å². The molecule has 0 aromatic heterocycles. The third kappa shape index (κ3) is 2.20. The zero-order valence-electron chi connectivity index (χ0n) is 13.8. The molecule has 2 nitrogen and oxygen atoms in total. The monoisotopic (exact) mass is 345 g/mol. The highest BCUT2D eigenvalue weighted by Crippen LogP contribution is 2.37. The van der Waals surface area contributed by atoms with Crippen molar-refractivity contribution in [2.45, 2.75) is 0 Å². The van der Waals surface area contributed by atoms with Gasteiger partial charge in [0, 0.05) is 11.5 Å². The fourth-order valence-corrected chi connectivity index (χ4v) is 3.61. The van der Waals surface area contributed by atoms with E-state index in [1.54, 1.807) is 18.2 Å². The van der Waals surface area contributed by atoms with Crippen LogP contribution in [0.4, 0.5) is 14.3 Å².